The third-order valence-electron chi connectivity index (χ3n) is 8.51. The summed E-state index contributed by atoms with van der Waals surface area (Å²) in [4.78, 5) is 34.4. The van der Waals surface area contributed by atoms with E-state index in [1.54, 1.807) is 12.1 Å². The van der Waals surface area contributed by atoms with Gasteiger partial charge in [-0.1, -0.05) is 18.3 Å². The number of hydrogen-bond donors (Lipinski definition) is 2. The lowest BCUT2D eigenvalue weighted by Gasteiger charge is -2.52. The predicted octanol–water partition coefficient (Wildman–Crippen LogP) is 5.16. The molecule has 13 heteroatoms. The van der Waals surface area contributed by atoms with Crippen molar-refractivity contribution in [1.29, 1.82) is 0 Å². The van der Waals surface area contributed by atoms with Crippen LogP contribution in [-0.4, -0.2) is 61.5 Å². The molecule has 2 aromatic carbocycles. The molecule has 3 aliphatic heterocycles. The number of aromatic nitrogens is 1. The van der Waals surface area contributed by atoms with Gasteiger partial charge in [-0.3, -0.25) is 9.59 Å². The highest BCUT2D eigenvalue weighted by Gasteiger charge is 2.45. The lowest BCUT2D eigenvalue weighted by atomic mass is 9.87. The Hall–Kier alpha value is -3.71. The van der Waals surface area contributed by atoms with E-state index in [2.05, 4.69) is 31.9 Å². The molecule has 2 bridgehead atoms. The van der Waals surface area contributed by atoms with Crippen molar-refractivity contribution in [1.82, 2.24) is 10.3 Å². The molecule has 2 atom stereocenters. The number of anilines is 2. The molecule has 3 fully saturated rings. The Morgan fingerprint density at radius 3 is 2.48 bits per heavy atom. The van der Waals surface area contributed by atoms with Gasteiger partial charge in [-0.15, -0.1) is 8.78 Å². The molecule has 1 saturated carbocycles. The number of halogens is 2. The van der Waals surface area contributed by atoms with E-state index in [9.17, 15) is 18.4 Å². The zero-order chi connectivity index (χ0) is 29.2. The van der Waals surface area contributed by atoms with Crippen molar-refractivity contribution in [3.8, 4) is 17.2 Å². The second-order valence-electron chi connectivity index (χ2n) is 11.4. The number of morpholine rings is 1. The number of alkyl halides is 2. The third-order valence-corrected chi connectivity index (χ3v) is 9.61. The third kappa shape index (κ3) is 4.77. The summed E-state index contributed by atoms with van der Waals surface area (Å²) in [6, 6.07) is 6.28. The minimum atomic E-state index is -3.88. The summed E-state index contributed by atoms with van der Waals surface area (Å²) in [5, 5.41) is 6.56. The molecule has 7 rings (SSSR count). The minimum Gasteiger partial charge on any atom is -0.496 e. The number of benzene rings is 2. The molecule has 2 saturated heterocycles. The van der Waals surface area contributed by atoms with Crippen LogP contribution >= 0.6 is 11.3 Å². The lowest BCUT2D eigenvalue weighted by Crippen LogP contribution is -2.64. The van der Waals surface area contributed by atoms with Crippen LogP contribution in [0.25, 0.3) is 10.2 Å². The number of nitrogens with zero attached hydrogens (tertiary/aromatic N) is 2. The van der Waals surface area contributed by atoms with E-state index in [0.29, 0.717) is 35.1 Å². The van der Waals surface area contributed by atoms with Gasteiger partial charge in [0.1, 0.15) is 11.3 Å². The monoisotopic (exact) mass is 600 g/mol. The maximum atomic E-state index is 13.9. The van der Waals surface area contributed by atoms with Gasteiger partial charge in [0.25, 0.3) is 11.8 Å². The first-order chi connectivity index (χ1) is 20.2. The van der Waals surface area contributed by atoms with Crippen molar-refractivity contribution < 1.29 is 37.3 Å². The topological polar surface area (TPSA) is 111 Å². The van der Waals surface area contributed by atoms with Gasteiger partial charge in [0.05, 0.1) is 53.9 Å². The minimum absolute atomic E-state index is 0.00781. The van der Waals surface area contributed by atoms with Crippen LogP contribution in [0.5, 0.6) is 17.2 Å². The summed E-state index contributed by atoms with van der Waals surface area (Å²) >= 11 is 1.38. The molecule has 2 unspecified atom stereocenters. The number of carbonyl (C=O) groups is 2. The number of fused-ring (bicyclic) bond motifs is 4. The molecular weight excluding hydrogens is 570 g/mol. The molecular formula is C29H30F2N4O6S. The van der Waals surface area contributed by atoms with Crippen LogP contribution in [0, 0.1) is 5.92 Å². The van der Waals surface area contributed by atoms with Gasteiger partial charge in [0.2, 0.25) is 0 Å². The van der Waals surface area contributed by atoms with Crippen LogP contribution in [0.2, 0.25) is 0 Å². The fourth-order valence-electron chi connectivity index (χ4n) is 6.25. The standard InChI is InChI=1S/C29H30F2N4O6S/c1-14-3-5-15(6-4-14)32-26(36)18-10-22-23(41-29(30,31)40-22)11-20(18)33-27(37)24-21(38-2)8-7-19-25(24)42-28(34-19)35-16-9-17(35)13-39-12-16/h7-8,10-11,14-17H,3-6,9,12-13H2,1-2H3,(H,32,36)(H,33,37). The molecule has 222 valence electrons. The highest BCUT2D eigenvalue weighted by Crippen LogP contribution is 2.45. The Kier molecular flexibility index (Phi) is 6.61. The number of methoxy groups -OCH3 is 1. The number of ether oxygens (including phenoxy) is 4. The van der Waals surface area contributed by atoms with E-state index in [0.717, 1.165) is 37.2 Å². The first-order valence-electron chi connectivity index (χ1n) is 14.1. The van der Waals surface area contributed by atoms with E-state index in [1.807, 2.05) is 0 Å². The molecule has 0 radical (unpaired) electrons. The highest BCUT2D eigenvalue weighted by atomic mass is 32.1. The Morgan fingerprint density at radius 2 is 1.79 bits per heavy atom. The Balaban J connectivity index is 1.22. The van der Waals surface area contributed by atoms with Crippen LogP contribution in [0.1, 0.15) is 59.7 Å². The first-order valence-corrected chi connectivity index (χ1v) is 14.9. The van der Waals surface area contributed by atoms with Crippen molar-refractivity contribution in [3.05, 3.63) is 35.4 Å². The van der Waals surface area contributed by atoms with Crippen molar-refractivity contribution >= 4 is 44.2 Å². The fourth-order valence-corrected chi connectivity index (χ4v) is 7.49. The SMILES string of the molecule is COc1ccc2nc(N3C4COCC3C4)sc2c1C(=O)Nc1cc2c(cc1C(=O)NC1CCC(C)CC1)OC(F)(F)O2. The van der Waals surface area contributed by atoms with Gasteiger partial charge in [0.15, 0.2) is 16.6 Å². The average Bonchev–Trinajstić information content (AvgIpc) is 3.51. The smallest absolute Gasteiger partial charge is 0.496 e. The first kappa shape index (κ1) is 27.1. The number of hydrogen-bond acceptors (Lipinski definition) is 9. The van der Waals surface area contributed by atoms with Gasteiger partial charge in [0, 0.05) is 12.1 Å². The zero-order valence-electron chi connectivity index (χ0n) is 23.1. The van der Waals surface area contributed by atoms with Crippen molar-refractivity contribution in [2.75, 3.05) is 30.5 Å². The summed E-state index contributed by atoms with van der Waals surface area (Å²) in [7, 11) is 1.46. The maximum Gasteiger partial charge on any atom is 0.586 e. The van der Waals surface area contributed by atoms with E-state index in [-0.39, 0.29) is 46.4 Å². The molecule has 4 heterocycles. The van der Waals surface area contributed by atoms with E-state index in [4.69, 9.17) is 14.5 Å². The Labute approximate surface area is 244 Å². The van der Waals surface area contributed by atoms with E-state index in [1.165, 1.54) is 30.6 Å². The van der Waals surface area contributed by atoms with Crippen LogP contribution < -0.4 is 29.7 Å². The molecule has 3 aromatic rings. The van der Waals surface area contributed by atoms with Crippen LogP contribution in [0.15, 0.2) is 24.3 Å². The summed E-state index contributed by atoms with van der Waals surface area (Å²) < 4.78 is 48.9. The number of nitrogens with one attached hydrogen (secondary N) is 2. The number of carbonyl (C=O) groups excluding carboxylic acids is 2. The highest BCUT2D eigenvalue weighted by molar-refractivity contribution is 7.22. The Morgan fingerprint density at radius 1 is 1.07 bits per heavy atom. The number of amides is 2. The zero-order valence-corrected chi connectivity index (χ0v) is 23.9. The van der Waals surface area contributed by atoms with Gasteiger partial charge >= 0.3 is 6.29 Å². The quantitative estimate of drug-likeness (QED) is 0.399. The fraction of sp³-hybridized carbons (Fsp3) is 0.483. The average molecular weight is 601 g/mol. The predicted molar refractivity (Wildman–Crippen MR) is 151 cm³/mol. The van der Waals surface area contributed by atoms with Gasteiger partial charge in [-0.25, -0.2) is 4.98 Å². The van der Waals surface area contributed by atoms with Gasteiger partial charge in [-0.05, 0) is 56.2 Å². The summed E-state index contributed by atoms with van der Waals surface area (Å²) in [6.07, 6.45) is 0.750. The van der Waals surface area contributed by atoms with Gasteiger partial charge in [-0.2, -0.15) is 0 Å². The largest absolute Gasteiger partial charge is 0.586 e. The molecule has 42 heavy (non-hydrogen) atoms. The van der Waals surface area contributed by atoms with E-state index < -0.39 is 18.1 Å². The molecule has 2 N–H and O–H groups in total. The van der Waals surface area contributed by atoms with E-state index >= 15 is 0 Å². The molecule has 1 aromatic heterocycles. The van der Waals surface area contributed by atoms with Crippen LogP contribution in [0.3, 0.4) is 0 Å². The van der Waals surface area contributed by atoms with Crippen LogP contribution in [-0.2, 0) is 4.74 Å². The summed E-state index contributed by atoms with van der Waals surface area (Å²) in [6.45, 7) is 3.45. The lowest BCUT2D eigenvalue weighted by molar-refractivity contribution is -0.286. The maximum absolute atomic E-state index is 13.9. The molecule has 10 nitrogen and oxygen atoms in total. The van der Waals surface area contributed by atoms with Crippen molar-refractivity contribution in [2.45, 2.75) is 63.4 Å². The number of rotatable bonds is 6. The van der Waals surface area contributed by atoms with Crippen molar-refractivity contribution in [2.24, 2.45) is 5.92 Å². The Bertz CT molecular complexity index is 1560. The second kappa shape index (κ2) is 10.2. The molecule has 4 aliphatic rings. The molecule has 2 amide bonds. The number of thiazole rings is 1. The summed E-state index contributed by atoms with van der Waals surface area (Å²) in [5.74, 6) is -0.739. The molecule has 1 aliphatic carbocycles. The van der Waals surface area contributed by atoms with Gasteiger partial charge < -0.3 is 34.5 Å². The van der Waals surface area contributed by atoms with Crippen molar-refractivity contribution in [3.63, 3.8) is 0 Å². The normalized spacial score (nSPS) is 25.6. The summed E-state index contributed by atoms with van der Waals surface area (Å²) in [5.41, 5.74) is 0.865. The van der Waals surface area contributed by atoms with Crippen LogP contribution in [0.4, 0.5) is 19.6 Å². The second-order valence-corrected chi connectivity index (χ2v) is 12.3. The molecule has 0 spiro atoms.